The first-order valence-corrected chi connectivity index (χ1v) is 24.9. The van der Waals surface area contributed by atoms with Crippen molar-refractivity contribution in [3.63, 3.8) is 0 Å². The molecule has 4 aromatic heterocycles. The fourth-order valence-electron chi connectivity index (χ4n) is 8.83. The van der Waals surface area contributed by atoms with Crippen LogP contribution in [-0.2, 0) is 48.6 Å². The average Bonchev–Trinajstić information content (AvgIpc) is 4.00. The van der Waals surface area contributed by atoms with Gasteiger partial charge in [-0.1, -0.05) is 12.1 Å². The van der Waals surface area contributed by atoms with Crippen molar-refractivity contribution >= 4 is 34.0 Å². The van der Waals surface area contributed by atoms with Crippen LogP contribution >= 0.6 is 0 Å². The van der Waals surface area contributed by atoms with Crippen LogP contribution < -0.4 is 9.47 Å². The van der Waals surface area contributed by atoms with Crippen LogP contribution in [0.3, 0.4) is 0 Å². The van der Waals surface area contributed by atoms with E-state index < -0.39 is 58.5 Å². The van der Waals surface area contributed by atoms with Crippen LogP contribution in [0.2, 0.25) is 0 Å². The van der Waals surface area contributed by atoms with Crippen LogP contribution in [0.25, 0.3) is 44.6 Å². The minimum Gasteiger partial charge on any atom is -0.478 e. The van der Waals surface area contributed by atoms with Crippen molar-refractivity contribution in [3.05, 3.63) is 225 Å². The lowest BCUT2D eigenvalue weighted by Crippen LogP contribution is -2.10. The number of nitrogens with zero attached hydrogens (tertiary/aromatic N) is 6. The third kappa shape index (κ3) is 13.2. The lowest BCUT2D eigenvalue weighted by molar-refractivity contribution is 0.0686. The monoisotopic (exact) mass is 1130 g/mol. The van der Waals surface area contributed by atoms with Gasteiger partial charge in [0.25, 0.3) is 0 Å². The number of pyridine rings is 2. The number of fused-ring (bicyclic) bond motifs is 2. The van der Waals surface area contributed by atoms with Crippen LogP contribution in [0.5, 0.6) is 11.8 Å². The van der Waals surface area contributed by atoms with E-state index >= 15 is 17.6 Å². The summed E-state index contributed by atoms with van der Waals surface area (Å²) in [4.78, 5) is 40.4. The van der Waals surface area contributed by atoms with E-state index in [0.29, 0.717) is 60.0 Å². The van der Waals surface area contributed by atoms with Gasteiger partial charge in [-0.15, -0.1) is 0 Å². The molecule has 10 aromatic rings. The van der Waals surface area contributed by atoms with E-state index in [2.05, 4.69) is 19.9 Å². The summed E-state index contributed by atoms with van der Waals surface area (Å²) in [7, 11) is 3.03. The summed E-state index contributed by atoms with van der Waals surface area (Å²) in [6, 6.07) is 28.0. The number of benzene rings is 6. The first kappa shape index (κ1) is 57.2. The van der Waals surface area contributed by atoms with Crippen molar-refractivity contribution in [1.82, 2.24) is 29.1 Å². The quantitative estimate of drug-likeness (QED) is 0.0693. The summed E-state index contributed by atoms with van der Waals surface area (Å²) >= 11 is 0. The smallest absolute Gasteiger partial charge is 0.335 e. The molecule has 0 radical (unpaired) electrons. The minimum atomic E-state index is -1.10. The molecule has 4 heterocycles. The van der Waals surface area contributed by atoms with E-state index in [4.69, 9.17) is 18.9 Å². The number of carbonyl (C=O) groups is 2. The number of aromatic nitrogens is 6. The van der Waals surface area contributed by atoms with Crippen molar-refractivity contribution < 1.29 is 73.9 Å². The van der Waals surface area contributed by atoms with Gasteiger partial charge in [0.2, 0.25) is 11.8 Å². The SMILES string of the molecule is COCCn1c(Cc2cc(F)c(-c3cccc(OCc4cc(F)ccc4F)n3)cc2F)nc2ccc(C(=O)O)cc21.COCCn1c(Cc2cc(F)c(-c3cccc(OCc4cc(F)ccc4F)n3)cc2F)nc2ccc(C(=O)O)cc21. The number of hydrogen-bond acceptors (Lipinski definition) is 10. The molecular weight excluding hydrogens is 1080 g/mol. The van der Waals surface area contributed by atoms with Crippen molar-refractivity contribution in [2.24, 2.45) is 0 Å². The van der Waals surface area contributed by atoms with Crippen molar-refractivity contribution in [3.8, 4) is 34.3 Å². The zero-order chi connectivity index (χ0) is 58.2. The fourth-order valence-corrected chi connectivity index (χ4v) is 8.83. The highest BCUT2D eigenvalue weighted by Crippen LogP contribution is 2.31. The Bertz CT molecular complexity index is 3770. The first-order valence-electron chi connectivity index (χ1n) is 24.9. The number of rotatable bonds is 20. The molecule has 0 fully saturated rings. The molecule has 82 heavy (non-hydrogen) atoms. The highest BCUT2D eigenvalue weighted by Gasteiger charge is 2.22. The predicted molar refractivity (Wildman–Crippen MR) is 283 cm³/mol. The largest absolute Gasteiger partial charge is 0.478 e. The summed E-state index contributed by atoms with van der Waals surface area (Å²) in [5.41, 5.74) is 2.20. The van der Waals surface area contributed by atoms with Gasteiger partial charge in [0, 0.05) is 74.5 Å². The van der Waals surface area contributed by atoms with Crippen LogP contribution in [0.1, 0.15) is 54.6 Å². The molecule has 0 aliphatic rings. The van der Waals surface area contributed by atoms with Gasteiger partial charge in [-0.05, 0) is 120 Å². The van der Waals surface area contributed by atoms with Crippen LogP contribution in [0.4, 0.5) is 35.1 Å². The molecule has 0 atom stereocenters. The van der Waals surface area contributed by atoms with Gasteiger partial charge in [0.1, 0.15) is 71.4 Å². The van der Waals surface area contributed by atoms with Crippen molar-refractivity contribution in [1.29, 1.82) is 0 Å². The van der Waals surface area contributed by atoms with Crippen molar-refractivity contribution in [2.45, 2.75) is 39.1 Å². The van der Waals surface area contributed by atoms with Gasteiger partial charge in [-0.25, -0.2) is 64.6 Å². The van der Waals surface area contributed by atoms with Gasteiger partial charge < -0.3 is 38.3 Å². The number of carboxylic acid groups (broad SMARTS) is 2. The Balaban J connectivity index is 0.000000198. The number of carboxylic acids is 2. The maximum absolute atomic E-state index is 15.3. The first-order chi connectivity index (χ1) is 39.5. The molecule has 0 bridgehead atoms. The van der Waals surface area contributed by atoms with Gasteiger partial charge in [0.15, 0.2) is 0 Å². The van der Waals surface area contributed by atoms with E-state index in [-0.39, 0.29) is 93.7 Å². The molecule has 0 unspecified atom stereocenters. The molecule has 22 heteroatoms. The highest BCUT2D eigenvalue weighted by molar-refractivity contribution is 5.93. The number of imidazole rings is 2. The molecule has 0 saturated carbocycles. The molecule has 14 nitrogen and oxygen atoms in total. The Hall–Kier alpha value is -9.54. The van der Waals surface area contributed by atoms with Crippen LogP contribution in [0.15, 0.2) is 133 Å². The van der Waals surface area contributed by atoms with E-state index in [1.807, 2.05) is 0 Å². The molecule has 0 saturated heterocycles. The Labute approximate surface area is 461 Å². The van der Waals surface area contributed by atoms with Gasteiger partial charge in [0.05, 0.1) is 57.8 Å². The maximum atomic E-state index is 15.3. The Kier molecular flexibility index (Phi) is 17.6. The molecule has 2 N–H and O–H groups in total. The summed E-state index contributed by atoms with van der Waals surface area (Å²) < 4.78 is 141. The topological polar surface area (TPSA) is 173 Å². The van der Waals surface area contributed by atoms with Gasteiger partial charge in [-0.2, -0.15) is 0 Å². The second-order valence-corrected chi connectivity index (χ2v) is 18.3. The molecule has 0 spiro atoms. The Morgan fingerprint density at radius 3 is 1.26 bits per heavy atom. The van der Waals surface area contributed by atoms with Crippen molar-refractivity contribution in [2.75, 3.05) is 27.4 Å². The summed E-state index contributed by atoms with van der Waals surface area (Å²) in [6.45, 7) is 0.609. The number of methoxy groups -OCH3 is 2. The highest BCUT2D eigenvalue weighted by atomic mass is 19.2. The molecule has 0 aliphatic carbocycles. The second-order valence-electron chi connectivity index (χ2n) is 18.3. The normalized spacial score (nSPS) is 11.2. The summed E-state index contributed by atoms with van der Waals surface area (Å²) in [6.07, 6.45) is -0.140. The molecule has 420 valence electrons. The predicted octanol–water partition coefficient (Wildman–Crippen LogP) is 12.3. The van der Waals surface area contributed by atoms with Crippen LogP contribution in [-0.4, -0.2) is 78.7 Å². The molecule has 0 aliphatic heterocycles. The number of aromatic carboxylic acids is 2. The standard InChI is InChI=1S/2C30H23F4N3O4/c2*1-40-10-9-37-27-13-17(30(38)39)5-8-26(27)35-28(37)14-18-12-24(34)21(15-23(18)33)25-3-2-4-29(36-25)41-16-19-11-20(31)6-7-22(19)32/h2*2-8,11-13,15H,9-10,14,16H2,1H3,(H,38,39). The molecule has 10 rings (SSSR count). The Morgan fingerprint density at radius 1 is 0.451 bits per heavy atom. The minimum absolute atomic E-state index is 0.0163. The Morgan fingerprint density at radius 2 is 0.866 bits per heavy atom. The number of hydrogen-bond donors (Lipinski definition) is 2. The molecular formula is C60H46F8N6O8. The summed E-state index contributed by atoms with van der Waals surface area (Å²) in [5, 5.41) is 18.7. The maximum Gasteiger partial charge on any atom is 0.335 e. The zero-order valence-electron chi connectivity index (χ0n) is 43.4. The average molecular weight is 1130 g/mol. The molecule has 0 amide bonds. The number of halogens is 8. The van der Waals surface area contributed by atoms with Gasteiger partial charge >= 0.3 is 11.9 Å². The fraction of sp³-hybridized carbons (Fsp3) is 0.167. The van der Waals surface area contributed by atoms with E-state index in [1.54, 1.807) is 21.3 Å². The molecule has 6 aromatic carbocycles. The third-order valence-corrected chi connectivity index (χ3v) is 12.9. The second kappa shape index (κ2) is 25.3. The lowest BCUT2D eigenvalue weighted by Gasteiger charge is -2.12. The zero-order valence-corrected chi connectivity index (χ0v) is 43.4. The third-order valence-electron chi connectivity index (χ3n) is 12.9. The van der Waals surface area contributed by atoms with E-state index in [9.17, 15) is 37.4 Å². The van der Waals surface area contributed by atoms with E-state index in [0.717, 1.165) is 60.7 Å². The van der Waals surface area contributed by atoms with E-state index in [1.165, 1.54) is 74.9 Å². The summed E-state index contributed by atoms with van der Waals surface area (Å²) in [5.74, 6) is -6.77. The lowest BCUT2D eigenvalue weighted by atomic mass is 10.0. The number of ether oxygens (including phenoxy) is 4. The van der Waals surface area contributed by atoms with Crippen LogP contribution in [0, 0.1) is 46.5 Å². The van der Waals surface area contributed by atoms with Gasteiger partial charge in [-0.3, -0.25) is 0 Å².